The van der Waals surface area contributed by atoms with E-state index in [0.29, 0.717) is 6.42 Å². The van der Waals surface area contributed by atoms with Crippen molar-refractivity contribution in [2.75, 3.05) is 0 Å². The number of rotatable bonds is 8. The van der Waals surface area contributed by atoms with Crippen LogP contribution < -0.4 is 0 Å². The van der Waals surface area contributed by atoms with E-state index in [9.17, 15) is 4.79 Å². The Bertz CT molecular complexity index is 223. The van der Waals surface area contributed by atoms with Crippen molar-refractivity contribution < 1.29 is 4.79 Å². The fourth-order valence-electron chi connectivity index (χ4n) is 1.14. The number of ketones is 1. The van der Waals surface area contributed by atoms with E-state index in [-0.39, 0.29) is 5.78 Å². The fourth-order valence-corrected chi connectivity index (χ4v) is 1.14. The molecule has 1 heteroatoms. The van der Waals surface area contributed by atoms with E-state index in [0.717, 1.165) is 25.7 Å². The lowest BCUT2D eigenvalue weighted by Crippen LogP contribution is -1.90. The highest BCUT2D eigenvalue weighted by Gasteiger charge is 1.94. The van der Waals surface area contributed by atoms with Crippen molar-refractivity contribution in [3.63, 3.8) is 0 Å². The lowest BCUT2D eigenvalue weighted by atomic mass is 10.1. The number of carbonyl (C=O) groups is 1. The van der Waals surface area contributed by atoms with E-state index in [1.807, 2.05) is 13.0 Å². The Hall–Kier alpha value is -1.11. The minimum atomic E-state index is 0.155. The van der Waals surface area contributed by atoms with Crippen LogP contribution in [-0.2, 0) is 4.79 Å². The second kappa shape index (κ2) is 8.49. The van der Waals surface area contributed by atoms with Gasteiger partial charge in [-0.3, -0.25) is 4.79 Å². The monoisotopic (exact) mass is 192 g/mol. The normalized spacial score (nSPS) is 11.1. The minimum absolute atomic E-state index is 0.155. The first-order chi connectivity index (χ1) is 6.70. The Morgan fingerprint density at radius 3 is 2.43 bits per heavy atom. The summed E-state index contributed by atoms with van der Waals surface area (Å²) in [5.41, 5.74) is 1.23. The molecule has 0 aromatic rings. The Labute approximate surface area is 87.2 Å². The second-order valence-corrected chi connectivity index (χ2v) is 3.42. The van der Waals surface area contributed by atoms with Gasteiger partial charge in [-0.25, -0.2) is 0 Å². The van der Waals surface area contributed by atoms with Gasteiger partial charge in [-0.05, 0) is 32.3 Å². The zero-order valence-corrected chi connectivity index (χ0v) is 9.09. The van der Waals surface area contributed by atoms with Gasteiger partial charge in [0.15, 0.2) is 5.78 Å². The Morgan fingerprint density at radius 1 is 1.14 bits per heavy atom. The predicted octanol–water partition coefficient (Wildman–Crippen LogP) is 3.82. The molecule has 0 aromatic heterocycles. The fraction of sp³-hybridized carbons (Fsp3) is 0.462. The van der Waals surface area contributed by atoms with Crippen molar-refractivity contribution in [3.05, 3.63) is 37.0 Å². The molecule has 0 bridgehead atoms. The van der Waals surface area contributed by atoms with Gasteiger partial charge in [0, 0.05) is 6.42 Å². The molecule has 0 saturated heterocycles. The maximum absolute atomic E-state index is 10.9. The van der Waals surface area contributed by atoms with E-state index in [1.165, 1.54) is 11.6 Å². The van der Waals surface area contributed by atoms with E-state index in [1.54, 1.807) is 0 Å². The zero-order chi connectivity index (χ0) is 10.8. The third-order valence-corrected chi connectivity index (χ3v) is 2.14. The van der Waals surface area contributed by atoms with Crippen LogP contribution in [0.25, 0.3) is 0 Å². The summed E-state index contributed by atoms with van der Waals surface area (Å²) in [6.45, 7) is 9.18. The lowest BCUT2D eigenvalue weighted by Gasteiger charge is -1.97. The van der Waals surface area contributed by atoms with E-state index in [2.05, 4.69) is 19.2 Å². The number of carbonyl (C=O) groups excluding carboxylic acids is 1. The number of allylic oxidation sites excluding steroid dienone is 4. The highest BCUT2D eigenvalue weighted by molar-refractivity contribution is 5.88. The van der Waals surface area contributed by atoms with Gasteiger partial charge < -0.3 is 0 Å². The molecule has 0 fully saturated rings. The highest BCUT2D eigenvalue weighted by atomic mass is 16.1. The Balaban J connectivity index is 3.34. The number of unbranched alkanes of at least 4 members (excludes halogenated alkanes) is 3. The van der Waals surface area contributed by atoms with Gasteiger partial charge in [0.1, 0.15) is 0 Å². The average molecular weight is 192 g/mol. The quantitative estimate of drug-likeness (QED) is 0.324. The third kappa shape index (κ3) is 7.53. The van der Waals surface area contributed by atoms with Gasteiger partial charge in [0.05, 0.1) is 0 Å². The van der Waals surface area contributed by atoms with E-state index >= 15 is 0 Å². The summed E-state index contributed by atoms with van der Waals surface area (Å²) >= 11 is 0. The molecule has 0 aliphatic heterocycles. The van der Waals surface area contributed by atoms with Crippen molar-refractivity contribution in [1.29, 1.82) is 0 Å². The first-order valence-electron chi connectivity index (χ1n) is 5.15. The maximum Gasteiger partial charge on any atom is 0.155 e. The first kappa shape index (κ1) is 12.9. The largest absolute Gasteiger partial charge is 0.295 e. The molecular weight excluding hydrogens is 172 g/mol. The van der Waals surface area contributed by atoms with Crippen molar-refractivity contribution in [1.82, 2.24) is 0 Å². The van der Waals surface area contributed by atoms with Crippen LogP contribution in [0.2, 0.25) is 0 Å². The predicted molar refractivity (Wildman–Crippen MR) is 62.2 cm³/mol. The molecule has 78 valence electrons. The number of hydrogen-bond acceptors (Lipinski definition) is 1. The summed E-state index contributed by atoms with van der Waals surface area (Å²) in [4.78, 5) is 10.9. The molecule has 0 radical (unpaired) electrons. The van der Waals surface area contributed by atoms with Crippen LogP contribution in [0.15, 0.2) is 37.0 Å². The second-order valence-electron chi connectivity index (χ2n) is 3.42. The van der Waals surface area contributed by atoms with Crippen LogP contribution in [0.4, 0.5) is 0 Å². The molecule has 1 nitrogen and oxygen atoms in total. The summed E-state index contributed by atoms with van der Waals surface area (Å²) in [6.07, 6.45) is 10.4. The van der Waals surface area contributed by atoms with Gasteiger partial charge >= 0.3 is 0 Å². The Kier molecular flexibility index (Phi) is 7.81. The van der Waals surface area contributed by atoms with Crippen LogP contribution in [0.1, 0.15) is 39.0 Å². The van der Waals surface area contributed by atoms with E-state index < -0.39 is 0 Å². The Morgan fingerprint density at radius 2 is 1.86 bits per heavy atom. The summed E-state index contributed by atoms with van der Waals surface area (Å²) < 4.78 is 0. The highest BCUT2D eigenvalue weighted by Crippen LogP contribution is 2.06. The average Bonchev–Trinajstić information content (AvgIpc) is 2.22. The third-order valence-electron chi connectivity index (χ3n) is 2.14. The van der Waals surface area contributed by atoms with E-state index in [4.69, 9.17) is 0 Å². The molecule has 0 atom stereocenters. The van der Waals surface area contributed by atoms with Gasteiger partial charge in [0.25, 0.3) is 0 Å². The first-order valence-corrected chi connectivity index (χ1v) is 5.15. The summed E-state index contributed by atoms with van der Waals surface area (Å²) in [5, 5.41) is 0. The molecule has 0 rings (SSSR count). The summed E-state index contributed by atoms with van der Waals surface area (Å²) in [5.74, 6) is 0.155. The van der Waals surface area contributed by atoms with Crippen LogP contribution in [-0.4, -0.2) is 5.78 Å². The molecule has 0 spiro atoms. The van der Waals surface area contributed by atoms with Crippen molar-refractivity contribution in [2.45, 2.75) is 39.0 Å². The molecule has 0 aliphatic rings. The SMILES string of the molecule is C=CC(=O)CCCCC/C=C(\C)C=C. The molecule has 0 amide bonds. The molecule has 0 unspecified atom stereocenters. The minimum Gasteiger partial charge on any atom is -0.295 e. The van der Waals surface area contributed by atoms with Gasteiger partial charge in [-0.2, -0.15) is 0 Å². The van der Waals surface area contributed by atoms with Gasteiger partial charge in [-0.15, -0.1) is 0 Å². The zero-order valence-electron chi connectivity index (χ0n) is 9.09. The van der Waals surface area contributed by atoms with Crippen LogP contribution >= 0.6 is 0 Å². The molecular formula is C13H20O. The molecule has 14 heavy (non-hydrogen) atoms. The van der Waals surface area contributed by atoms with Crippen LogP contribution in [0.5, 0.6) is 0 Å². The molecule has 0 saturated carbocycles. The van der Waals surface area contributed by atoms with Crippen molar-refractivity contribution in [2.24, 2.45) is 0 Å². The topological polar surface area (TPSA) is 17.1 Å². The smallest absolute Gasteiger partial charge is 0.155 e. The lowest BCUT2D eigenvalue weighted by molar-refractivity contribution is -0.114. The van der Waals surface area contributed by atoms with Gasteiger partial charge in [-0.1, -0.05) is 37.3 Å². The summed E-state index contributed by atoms with van der Waals surface area (Å²) in [6, 6.07) is 0. The van der Waals surface area contributed by atoms with Crippen LogP contribution in [0.3, 0.4) is 0 Å². The maximum atomic E-state index is 10.9. The number of hydrogen-bond donors (Lipinski definition) is 0. The van der Waals surface area contributed by atoms with Crippen molar-refractivity contribution in [3.8, 4) is 0 Å². The standard InChI is InChI=1S/C13H20O/c1-4-12(3)10-8-6-7-9-11-13(14)5-2/h4-5,10H,1-2,6-9,11H2,3H3/b12-10+. The molecule has 0 aromatic carbocycles. The van der Waals surface area contributed by atoms with Crippen LogP contribution in [0, 0.1) is 0 Å². The molecule has 0 N–H and O–H groups in total. The van der Waals surface area contributed by atoms with Crippen molar-refractivity contribution >= 4 is 5.78 Å². The molecule has 0 heterocycles. The van der Waals surface area contributed by atoms with Gasteiger partial charge in [0.2, 0.25) is 0 Å². The molecule has 0 aliphatic carbocycles. The summed E-state index contributed by atoms with van der Waals surface area (Å²) in [7, 11) is 0.